The van der Waals surface area contributed by atoms with Gasteiger partial charge in [-0.15, -0.1) is 0 Å². The van der Waals surface area contributed by atoms with Crippen molar-refractivity contribution in [1.29, 1.82) is 0 Å². The summed E-state index contributed by atoms with van der Waals surface area (Å²) >= 11 is 0. The molecule has 4 rings (SSSR count). The Kier molecular flexibility index (Phi) is 5.43. The number of Topliss-reactive ketones (excluding diaryl/α,β-unsaturated/α-hetero) is 2. The van der Waals surface area contributed by atoms with E-state index in [9.17, 15) is 14.4 Å². The van der Waals surface area contributed by atoms with E-state index in [4.69, 9.17) is 4.42 Å². The molecule has 1 saturated carbocycles. The average molecular weight is 392 g/mol. The van der Waals surface area contributed by atoms with Crippen LogP contribution >= 0.6 is 0 Å². The molecule has 6 heteroatoms. The third-order valence-electron chi connectivity index (χ3n) is 5.88. The second-order valence-corrected chi connectivity index (χ2v) is 7.72. The SMILES string of the molecule is CC(=O)N1CCc2ccccc2[C@H]1CN=CC1C(=O)CC(c2ccco2)CC1=O. The molecular weight excluding hydrogens is 368 g/mol. The fraction of sp³-hybridized carbons (Fsp3) is 0.391. The number of aliphatic imine (C=N–C) groups is 1. The maximum atomic E-state index is 12.5. The van der Waals surface area contributed by atoms with Crippen molar-refractivity contribution in [2.75, 3.05) is 13.1 Å². The first-order chi connectivity index (χ1) is 14.0. The molecule has 0 radical (unpaired) electrons. The molecule has 0 N–H and O–H groups in total. The molecule has 1 aliphatic carbocycles. The van der Waals surface area contributed by atoms with Crippen LogP contribution in [0.2, 0.25) is 0 Å². The highest BCUT2D eigenvalue weighted by atomic mass is 16.3. The molecule has 1 aromatic carbocycles. The van der Waals surface area contributed by atoms with Crippen molar-refractivity contribution in [2.45, 2.75) is 38.1 Å². The number of ketones is 2. The third-order valence-corrected chi connectivity index (χ3v) is 5.88. The van der Waals surface area contributed by atoms with Crippen LogP contribution in [0.5, 0.6) is 0 Å². The van der Waals surface area contributed by atoms with E-state index in [1.165, 1.54) is 11.8 Å². The summed E-state index contributed by atoms with van der Waals surface area (Å²) in [5.41, 5.74) is 2.31. The number of nitrogens with zero attached hydrogens (tertiary/aromatic N) is 2. The topological polar surface area (TPSA) is 80.0 Å². The van der Waals surface area contributed by atoms with E-state index in [0.717, 1.165) is 12.0 Å². The molecule has 2 aliphatic rings. The number of carbonyl (C=O) groups is 3. The lowest BCUT2D eigenvalue weighted by molar-refractivity contribution is -0.134. The van der Waals surface area contributed by atoms with Gasteiger partial charge in [-0.1, -0.05) is 24.3 Å². The Labute approximate surface area is 169 Å². The van der Waals surface area contributed by atoms with E-state index >= 15 is 0 Å². The zero-order valence-corrected chi connectivity index (χ0v) is 16.4. The molecule has 1 fully saturated rings. The number of fused-ring (bicyclic) bond motifs is 1. The number of hydrogen-bond donors (Lipinski definition) is 0. The summed E-state index contributed by atoms with van der Waals surface area (Å²) < 4.78 is 5.36. The molecule has 1 aliphatic heterocycles. The van der Waals surface area contributed by atoms with Crippen molar-refractivity contribution in [1.82, 2.24) is 4.90 Å². The van der Waals surface area contributed by atoms with Crippen LogP contribution in [0.3, 0.4) is 0 Å². The van der Waals surface area contributed by atoms with Crippen LogP contribution in [0.15, 0.2) is 52.1 Å². The molecule has 2 heterocycles. The van der Waals surface area contributed by atoms with Gasteiger partial charge in [0.1, 0.15) is 23.2 Å². The average Bonchev–Trinajstić information content (AvgIpc) is 3.24. The van der Waals surface area contributed by atoms with E-state index in [1.807, 2.05) is 23.1 Å². The minimum atomic E-state index is -0.800. The van der Waals surface area contributed by atoms with Gasteiger partial charge < -0.3 is 9.32 Å². The van der Waals surface area contributed by atoms with E-state index in [2.05, 4.69) is 11.1 Å². The number of hydrogen-bond acceptors (Lipinski definition) is 5. The number of rotatable bonds is 4. The molecular formula is C23H24N2O4. The van der Waals surface area contributed by atoms with Gasteiger partial charge in [-0.05, 0) is 29.7 Å². The molecule has 1 atom stereocenters. The second-order valence-electron chi connectivity index (χ2n) is 7.72. The summed E-state index contributed by atoms with van der Waals surface area (Å²) in [6, 6.07) is 11.5. The molecule has 0 spiro atoms. The van der Waals surface area contributed by atoms with Crippen LogP contribution in [-0.4, -0.2) is 41.7 Å². The van der Waals surface area contributed by atoms with Gasteiger partial charge in [-0.25, -0.2) is 0 Å². The van der Waals surface area contributed by atoms with Crippen molar-refractivity contribution in [3.05, 3.63) is 59.5 Å². The number of furan rings is 1. The fourth-order valence-corrected chi connectivity index (χ4v) is 4.37. The van der Waals surface area contributed by atoms with E-state index in [-0.39, 0.29) is 42.3 Å². The molecule has 1 amide bonds. The Balaban J connectivity index is 1.47. The van der Waals surface area contributed by atoms with Crippen molar-refractivity contribution in [3.8, 4) is 0 Å². The van der Waals surface area contributed by atoms with Crippen LogP contribution in [-0.2, 0) is 20.8 Å². The Morgan fingerprint density at radius 3 is 2.62 bits per heavy atom. The normalized spacial score (nSPS) is 24.7. The summed E-state index contributed by atoms with van der Waals surface area (Å²) in [5, 5.41) is 0. The lowest BCUT2D eigenvalue weighted by Crippen LogP contribution is -2.40. The first-order valence-corrected chi connectivity index (χ1v) is 9.98. The highest BCUT2D eigenvalue weighted by Crippen LogP contribution is 2.32. The van der Waals surface area contributed by atoms with Crippen molar-refractivity contribution >= 4 is 23.7 Å². The van der Waals surface area contributed by atoms with Gasteiger partial charge >= 0.3 is 0 Å². The van der Waals surface area contributed by atoms with E-state index in [0.29, 0.717) is 18.8 Å². The van der Waals surface area contributed by atoms with Gasteiger partial charge in [0, 0.05) is 38.4 Å². The van der Waals surface area contributed by atoms with Gasteiger partial charge in [0.2, 0.25) is 5.91 Å². The quantitative estimate of drug-likeness (QED) is 0.591. The first-order valence-electron chi connectivity index (χ1n) is 9.98. The largest absolute Gasteiger partial charge is 0.469 e. The standard InChI is InChI=1S/C23H24N2O4/c1-15(26)25-9-8-16-5-2-3-6-18(16)20(25)14-24-13-19-21(27)11-17(12-22(19)28)23-7-4-10-29-23/h2-7,10,13,17,19-20H,8-9,11-12,14H2,1H3/t17?,19?,20-/m1/s1. The smallest absolute Gasteiger partial charge is 0.220 e. The van der Waals surface area contributed by atoms with E-state index in [1.54, 1.807) is 25.3 Å². The minimum absolute atomic E-state index is 0.00538. The zero-order chi connectivity index (χ0) is 20.4. The number of carbonyl (C=O) groups excluding carboxylic acids is 3. The van der Waals surface area contributed by atoms with Gasteiger partial charge in [0.05, 0.1) is 18.8 Å². The lowest BCUT2D eigenvalue weighted by Gasteiger charge is -2.36. The van der Waals surface area contributed by atoms with Crippen molar-refractivity contribution in [3.63, 3.8) is 0 Å². The van der Waals surface area contributed by atoms with Gasteiger partial charge in [-0.2, -0.15) is 0 Å². The predicted octanol–water partition coefficient (Wildman–Crippen LogP) is 3.13. The number of amides is 1. The second kappa shape index (κ2) is 8.15. The van der Waals surface area contributed by atoms with Crippen LogP contribution in [0, 0.1) is 5.92 Å². The van der Waals surface area contributed by atoms with Crippen LogP contribution in [0.4, 0.5) is 0 Å². The number of benzene rings is 1. The monoisotopic (exact) mass is 392 g/mol. The lowest BCUT2D eigenvalue weighted by atomic mass is 9.79. The Bertz CT molecular complexity index is 930. The molecule has 29 heavy (non-hydrogen) atoms. The Hall–Kier alpha value is -3.02. The summed E-state index contributed by atoms with van der Waals surface area (Å²) in [5.74, 6) is -0.555. The predicted molar refractivity (Wildman–Crippen MR) is 108 cm³/mol. The molecule has 6 nitrogen and oxygen atoms in total. The van der Waals surface area contributed by atoms with Crippen LogP contribution < -0.4 is 0 Å². The maximum Gasteiger partial charge on any atom is 0.220 e. The summed E-state index contributed by atoms with van der Waals surface area (Å²) in [6.45, 7) is 2.56. The van der Waals surface area contributed by atoms with Gasteiger partial charge in [-0.3, -0.25) is 19.4 Å². The molecule has 0 unspecified atom stereocenters. The van der Waals surface area contributed by atoms with Crippen molar-refractivity contribution < 1.29 is 18.8 Å². The fourth-order valence-electron chi connectivity index (χ4n) is 4.37. The van der Waals surface area contributed by atoms with Crippen LogP contribution in [0.1, 0.15) is 48.6 Å². The van der Waals surface area contributed by atoms with Crippen LogP contribution in [0.25, 0.3) is 0 Å². The maximum absolute atomic E-state index is 12.5. The molecule has 2 aromatic rings. The molecule has 1 aromatic heterocycles. The Morgan fingerprint density at radius 1 is 1.17 bits per heavy atom. The minimum Gasteiger partial charge on any atom is -0.469 e. The highest BCUT2D eigenvalue weighted by molar-refractivity contribution is 6.16. The van der Waals surface area contributed by atoms with Gasteiger partial charge in [0.25, 0.3) is 0 Å². The zero-order valence-electron chi connectivity index (χ0n) is 16.4. The van der Waals surface area contributed by atoms with Crippen molar-refractivity contribution in [2.24, 2.45) is 10.9 Å². The summed E-state index contributed by atoms with van der Waals surface area (Å²) in [7, 11) is 0. The third kappa shape index (κ3) is 3.92. The molecule has 150 valence electrons. The Morgan fingerprint density at radius 2 is 1.93 bits per heavy atom. The highest BCUT2D eigenvalue weighted by Gasteiger charge is 2.36. The first kappa shape index (κ1) is 19.3. The summed E-state index contributed by atoms with van der Waals surface area (Å²) in [4.78, 5) is 43.5. The molecule has 0 bridgehead atoms. The van der Waals surface area contributed by atoms with Gasteiger partial charge in [0.15, 0.2) is 0 Å². The summed E-state index contributed by atoms with van der Waals surface area (Å²) in [6.07, 6.45) is 4.42. The van der Waals surface area contributed by atoms with E-state index < -0.39 is 5.92 Å². The molecule has 0 saturated heterocycles.